The molecule has 13 heavy (non-hydrogen) atoms. The van der Waals surface area contributed by atoms with E-state index in [1.807, 2.05) is 13.8 Å². The molecule has 0 aromatic carbocycles. The molecule has 0 radical (unpaired) electrons. The first-order chi connectivity index (χ1) is 6.15. The second-order valence-electron chi connectivity index (χ2n) is 3.29. The number of hydrogen-bond acceptors (Lipinski definition) is 5. The van der Waals surface area contributed by atoms with E-state index in [9.17, 15) is 0 Å². The smallest absolute Gasteiger partial charge is 0.243 e. The zero-order chi connectivity index (χ0) is 9.84. The van der Waals surface area contributed by atoms with Crippen molar-refractivity contribution in [3.8, 4) is 0 Å². The molecule has 0 aliphatic carbocycles. The van der Waals surface area contributed by atoms with Gasteiger partial charge in [0.15, 0.2) is 5.82 Å². The standard InChI is InChI=1S/C8H15N3O2/c1-5(2)7(9)8-10-6(3-4-12)11-13-8/h5,7,12H,3-4,9H2,1-2H3/t7-/m1/s1. The molecule has 1 heterocycles. The van der Waals surface area contributed by atoms with E-state index >= 15 is 0 Å². The summed E-state index contributed by atoms with van der Waals surface area (Å²) >= 11 is 0. The minimum absolute atomic E-state index is 0.0237. The number of aliphatic hydroxyl groups is 1. The summed E-state index contributed by atoms with van der Waals surface area (Å²) in [6.45, 7) is 4.00. The quantitative estimate of drug-likeness (QED) is 0.702. The summed E-state index contributed by atoms with van der Waals surface area (Å²) < 4.78 is 4.94. The van der Waals surface area contributed by atoms with Gasteiger partial charge in [0.1, 0.15) is 0 Å². The zero-order valence-corrected chi connectivity index (χ0v) is 7.90. The van der Waals surface area contributed by atoms with Gasteiger partial charge in [-0.3, -0.25) is 0 Å². The van der Waals surface area contributed by atoms with Crippen LogP contribution in [0.2, 0.25) is 0 Å². The van der Waals surface area contributed by atoms with Crippen LogP contribution in [0.3, 0.4) is 0 Å². The van der Waals surface area contributed by atoms with Gasteiger partial charge in [0.25, 0.3) is 0 Å². The monoisotopic (exact) mass is 185 g/mol. The van der Waals surface area contributed by atoms with Gasteiger partial charge in [0.05, 0.1) is 12.6 Å². The van der Waals surface area contributed by atoms with Crippen molar-refractivity contribution in [3.63, 3.8) is 0 Å². The second-order valence-corrected chi connectivity index (χ2v) is 3.29. The molecule has 5 heteroatoms. The van der Waals surface area contributed by atoms with Crippen molar-refractivity contribution in [2.24, 2.45) is 11.7 Å². The number of nitrogens with two attached hydrogens (primary N) is 1. The summed E-state index contributed by atoms with van der Waals surface area (Å²) in [5.41, 5.74) is 5.79. The zero-order valence-electron chi connectivity index (χ0n) is 7.90. The van der Waals surface area contributed by atoms with Crippen LogP contribution in [-0.2, 0) is 6.42 Å². The lowest BCUT2D eigenvalue weighted by molar-refractivity contribution is 0.290. The molecule has 0 saturated carbocycles. The van der Waals surface area contributed by atoms with E-state index in [2.05, 4.69) is 10.1 Å². The van der Waals surface area contributed by atoms with Crippen molar-refractivity contribution in [1.29, 1.82) is 0 Å². The topological polar surface area (TPSA) is 85.2 Å². The molecule has 3 N–H and O–H groups in total. The molecule has 0 unspecified atom stereocenters. The van der Waals surface area contributed by atoms with Gasteiger partial charge < -0.3 is 15.4 Å². The molecule has 0 aliphatic heterocycles. The van der Waals surface area contributed by atoms with Crippen LogP contribution in [0.25, 0.3) is 0 Å². The van der Waals surface area contributed by atoms with Gasteiger partial charge in [-0.25, -0.2) is 0 Å². The third-order valence-electron chi connectivity index (χ3n) is 1.82. The molecule has 0 saturated heterocycles. The summed E-state index contributed by atoms with van der Waals surface area (Å²) in [5, 5.41) is 12.3. The average Bonchev–Trinajstić information content (AvgIpc) is 2.52. The highest BCUT2D eigenvalue weighted by Gasteiger charge is 2.17. The van der Waals surface area contributed by atoms with Gasteiger partial charge in [-0.05, 0) is 5.92 Å². The lowest BCUT2D eigenvalue weighted by atomic mass is 10.1. The van der Waals surface area contributed by atoms with Gasteiger partial charge in [-0.1, -0.05) is 19.0 Å². The average molecular weight is 185 g/mol. The molecule has 1 aromatic heterocycles. The van der Waals surface area contributed by atoms with Crippen LogP contribution in [0.4, 0.5) is 0 Å². The molecule has 0 spiro atoms. The fourth-order valence-electron chi connectivity index (χ4n) is 0.890. The van der Waals surface area contributed by atoms with Gasteiger partial charge in [-0.15, -0.1) is 0 Å². The van der Waals surface area contributed by atoms with E-state index in [1.54, 1.807) is 0 Å². The third kappa shape index (κ3) is 2.50. The van der Waals surface area contributed by atoms with E-state index in [0.29, 0.717) is 18.1 Å². The first-order valence-corrected chi connectivity index (χ1v) is 4.34. The van der Waals surface area contributed by atoms with Crippen molar-refractivity contribution >= 4 is 0 Å². The van der Waals surface area contributed by atoms with E-state index < -0.39 is 0 Å². The largest absolute Gasteiger partial charge is 0.396 e. The maximum Gasteiger partial charge on any atom is 0.243 e. The Balaban J connectivity index is 2.67. The van der Waals surface area contributed by atoms with E-state index in [0.717, 1.165) is 0 Å². The van der Waals surface area contributed by atoms with Crippen LogP contribution in [0.5, 0.6) is 0 Å². The van der Waals surface area contributed by atoms with Gasteiger partial charge in [-0.2, -0.15) is 4.98 Å². The molecule has 5 nitrogen and oxygen atoms in total. The minimum atomic E-state index is -0.222. The number of nitrogens with zero attached hydrogens (tertiary/aromatic N) is 2. The van der Waals surface area contributed by atoms with E-state index in [-0.39, 0.29) is 18.6 Å². The Morgan fingerprint density at radius 1 is 1.54 bits per heavy atom. The Morgan fingerprint density at radius 3 is 2.77 bits per heavy atom. The number of rotatable bonds is 4. The summed E-state index contributed by atoms with van der Waals surface area (Å²) in [6, 6.07) is -0.222. The molecular formula is C8H15N3O2. The number of aromatic nitrogens is 2. The van der Waals surface area contributed by atoms with Crippen LogP contribution >= 0.6 is 0 Å². The lowest BCUT2D eigenvalue weighted by Gasteiger charge is -2.09. The SMILES string of the molecule is CC(C)[C@@H](N)c1nc(CCO)no1. The highest BCUT2D eigenvalue weighted by Crippen LogP contribution is 2.16. The third-order valence-corrected chi connectivity index (χ3v) is 1.82. The van der Waals surface area contributed by atoms with Crippen LogP contribution in [0, 0.1) is 5.92 Å². The number of hydrogen-bond donors (Lipinski definition) is 2. The van der Waals surface area contributed by atoms with Crippen molar-refractivity contribution in [3.05, 3.63) is 11.7 Å². The first-order valence-electron chi connectivity index (χ1n) is 4.34. The molecular weight excluding hydrogens is 170 g/mol. The first kappa shape index (κ1) is 10.1. The van der Waals surface area contributed by atoms with Gasteiger partial charge in [0.2, 0.25) is 5.89 Å². The van der Waals surface area contributed by atoms with Crippen LogP contribution in [0.1, 0.15) is 31.6 Å². The molecule has 74 valence electrons. The highest BCUT2D eigenvalue weighted by atomic mass is 16.5. The van der Waals surface area contributed by atoms with Gasteiger partial charge in [0, 0.05) is 6.42 Å². The van der Waals surface area contributed by atoms with E-state index in [4.69, 9.17) is 15.4 Å². The predicted octanol–water partition coefficient (Wildman–Crippen LogP) is 0.260. The van der Waals surface area contributed by atoms with Crippen LogP contribution in [-0.4, -0.2) is 21.9 Å². The number of aliphatic hydroxyl groups excluding tert-OH is 1. The normalized spacial score (nSPS) is 13.6. The molecule has 1 aromatic rings. The van der Waals surface area contributed by atoms with Crippen molar-refractivity contribution < 1.29 is 9.63 Å². The molecule has 0 bridgehead atoms. The van der Waals surface area contributed by atoms with Crippen molar-refractivity contribution in [1.82, 2.24) is 10.1 Å². The minimum Gasteiger partial charge on any atom is -0.396 e. The summed E-state index contributed by atoms with van der Waals surface area (Å²) in [5.74, 6) is 1.22. The Labute approximate surface area is 76.9 Å². The predicted molar refractivity (Wildman–Crippen MR) is 46.9 cm³/mol. The molecule has 0 fully saturated rings. The Kier molecular flexibility index (Phi) is 3.39. The summed E-state index contributed by atoms with van der Waals surface area (Å²) in [6.07, 6.45) is 0.411. The highest BCUT2D eigenvalue weighted by molar-refractivity contribution is 4.92. The Morgan fingerprint density at radius 2 is 2.23 bits per heavy atom. The Bertz CT molecular complexity index is 260. The van der Waals surface area contributed by atoms with Crippen molar-refractivity contribution in [2.75, 3.05) is 6.61 Å². The second kappa shape index (κ2) is 4.34. The van der Waals surface area contributed by atoms with Crippen LogP contribution < -0.4 is 5.73 Å². The fourth-order valence-corrected chi connectivity index (χ4v) is 0.890. The Hall–Kier alpha value is -0.940. The van der Waals surface area contributed by atoms with Crippen molar-refractivity contribution in [2.45, 2.75) is 26.3 Å². The molecule has 0 amide bonds. The maximum absolute atomic E-state index is 8.62. The molecule has 1 atom stereocenters. The van der Waals surface area contributed by atoms with E-state index in [1.165, 1.54) is 0 Å². The van der Waals surface area contributed by atoms with Crippen LogP contribution in [0.15, 0.2) is 4.52 Å². The fraction of sp³-hybridized carbons (Fsp3) is 0.750. The summed E-state index contributed by atoms with van der Waals surface area (Å²) in [7, 11) is 0. The summed E-state index contributed by atoms with van der Waals surface area (Å²) in [4.78, 5) is 4.06. The molecule has 0 aliphatic rings. The lowest BCUT2D eigenvalue weighted by Crippen LogP contribution is -2.17. The van der Waals surface area contributed by atoms with Gasteiger partial charge >= 0.3 is 0 Å². The molecule has 1 rings (SSSR count). The maximum atomic E-state index is 8.62.